The van der Waals surface area contributed by atoms with Gasteiger partial charge in [-0.1, -0.05) is 11.5 Å². The van der Waals surface area contributed by atoms with E-state index in [0.717, 1.165) is 12.6 Å². The molecule has 0 aliphatic rings. The van der Waals surface area contributed by atoms with Gasteiger partial charge in [0.15, 0.2) is 17.5 Å². The molecule has 23 heavy (non-hydrogen) atoms. The van der Waals surface area contributed by atoms with Gasteiger partial charge in [-0.25, -0.2) is 23.6 Å². The number of hydroxylamine groups is 1. The smallest absolute Gasteiger partial charge is 0.277 e. The molecule has 1 heterocycles. The van der Waals surface area contributed by atoms with Gasteiger partial charge in [-0.2, -0.15) is 0 Å². The third kappa shape index (κ3) is 3.45. The van der Waals surface area contributed by atoms with Crippen LogP contribution in [0.1, 0.15) is 15.9 Å². The fourth-order valence-corrected chi connectivity index (χ4v) is 2.01. The van der Waals surface area contributed by atoms with E-state index in [1.165, 1.54) is 6.20 Å². The Morgan fingerprint density at radius 3 is 2.57 bits per heavy atom. The number of nitrogens with one attached hydrogen (secondary N) is 2. The summed E-state index contributed by atoms with van der Waals surface area (Å²) >= 11 is 0. The van der Waals surface area contributed by atoms with Crippen molar-refractivity contribution in [1.29, 1.82) is 0 Å². The van der Waals surface area contributed by atoms with Crippen LogP contribution in [0.3, 0.4) is 0 Å². The summed E-state index contributed by atoms with van der Waals surface area (Å²) in [5.41, 5.74) is 2.46. The van der Waals surface area contributed by atoms with Crippen molar-refractivity contribution in [1.82, 2.24) is 10.5 Å². The van der Waals surface area contributed by atoms with Gasteiger partial charge in [-0.05, 0) is 18.6 Å². The first kappa shape index (κ1) is 16.8. The molecule has 0 atom stereocenters. The lowest BCUT2D eigenvalue weighted by atomic mass is 9.97. The third-order valence-electron chi connectivity index (χ3n) is 3.06. The largest absolute Gasteiger partial charge is 0.337 e. The van der Waals surface area contributed by atoms with E-state index in [9.17, 15) is 18.0 Å². The van der Waals surface area contributed by atoms with Crippen LogP contribution in [0.25, 0.3) is 0 Å². The number of benzene rings is 1. The number of nitrogens with zero attached hydrogens (tertiary/aromatic N) is 1. The fourth-order valence-electron chi connectivity index (χ4n) is 2.01. The molecule has 1 aromatic carbocycles. The second-order valence-corrected chi connectivity index (χ2v) is 4.85. The Hall–Kier alpha value is -2.55. The van der Waals surface area contributed by atoms with E-state index in [1.807, 2.05) is 13.3 Å². The topological polar surface area (TPSA) is 63.2 Å². The maximum Gasteiger partial charge on any atom is 0.277 e. The molecule has 2 N–H and O–H groups in total. The lowest BCUT2D eigenvalue weighted by molar-refractivity contribution is 0.0537. The molecule has 0 spiro atoms. The molecule has 1 aromatic heterocycles. The average Bonchev–Trinajstić information content (AvgIpc) is 2.50. The number of pyridine rings is 1. The number of aryl methyl sites for hydroxylation is 1. The van der Waals surface area contributed by atoms with Crippen LogP contribution in [-0.2, 0) is 4.84 Å². The minimum absolute atomic E-state index is 0.215. The van der Waals surface area contributed by atoms with Crippen molar-refractivity contribution in [3.05, 3.63) is 46.9 Å². The van der Waals surface area contributed by atoms with Gasteiger partial charge in [-0.15, -0.1) is 0 Å². The van der Waals surface area contributed by atoms with E-state index < -0.39 is 34.6 Å². The Labute approximate surface area is 131 Å². The minimum Gasteiger partial charge on any atom is -0.337 e. The minimum atomic E-state index is -1.69. The van der Waals surface area contributed by atoms with Crippen molar-refractivity contribution in [2.45, 2.75) is 6.92 Å². The van der Waals surface area contributed by atoms with Crippen molar-refractivity contribution in [2.75, 3.05) is 12.4 Å². The van der Waals surface area contributed by atoms with Gasteiger partial charge in [0.2, 0.25) is 0 Å². The summed E-state index contributed by atoms with van der Waals surface area (Å²) < 4.78 is 41.0. The van der Waals surface area contributed by atoms with Crippen LogP contribution >= 0.6 is 0 Å². The highest BCUT2D eigenvalue weighted by Gasteiger charge is 2.23. The highest BCUT2D eigenvalue weighted by Crippen LogP contribution is 2.28. The Morgan fingerprint density at radius 1 is 1.26 bits per heavy atom. The lowest BCUT2D eigenvalue weighted by Gasteiger charge is -2.14. The standard InChI is InChI=1S/C14H13BF3N3O2/c1-6-3-7(15)5-19-13(6)20-12-8(14(22)21-23-2)4-9(16)10(17)11(12)18/h3-5H,15H2,1-2H3,(H,19,20)(H,21,22). The number of amides is 1. The summed E-state index contributed by atoms with van der Waals surface area (Å²) in [7, 11) is 2.98. The second-order valence-electron chi connectivity index (χ2n) is 4.85. The first-order valence-corrected chi connectivity index (χ1v) is 6.56. The molecule has 0 aliphatic heterocycles. The van der Waals surface area contributed by atoms with E-state index in [2.05, 4.69) is 15.1 Å². The molecule has 0 fully saturated rings. The van der Waals surface area contributed by atoms with Crippen molar-refractivity contribution in [3.8, 4) is 0 Å². The predicted octanol–water partition coefficient (Wildman–Crippen LogP) is 1.10. The van der Waals surface area contributed by atoms with Gasteiger partial charge < -0.3 is 5.32 Å². The van der Waals surface area contributed by atoms with Crippen molar-refractivity contribution >= 4 is 30.7 Å². The number of aromatic nitrogens is 1. The van der Waals surface area contributed by atoms with E-state index in [4.69, 9.17) is 0 Å². The summed E-state index contributed by atoms with van der Waals surface area (Å²) in [6, 6.07) is 2.35. The van der Waals surface area contributed by atoms with Crippen LogP contribution in [0.5, 0.6) is 0 Å². The molecule has 0 radical (unpaired) electrons. The number of halogens is 3. The summed E-state index contributed by atoms with van der Waals surface area (Å²) in [6.45, 7) is 1.70. The molecule has 0 aliphatic carbocycles. The molecule has 2 rings (SSSR count). The SMILES string of the molecule is Bc1cnc(Nc2c(C(=O)NOC)cc(F)c(F)c2F)c(C)c1. The van der Waals surface area contributed by atoms with E-state index in [0.29, 0.717) is 11.6 Å². The maximum atomic E-state index is 14.1. The molecule has 9 heteroatoms. The van der Waals surface area contributed by atoms with Gasteiger partial charge in [0, 0.05) is 6.20 Å². The Bertz CT molecular complexity index is 771. The Morgan fingerprint density at radius 2 is 1.96 bits per heavy atom. The van der Waals surface area contributed by atoms with E-state index >= 15 is 0 Å². The molecular formula is C14H13BF3N3O2. The molecule has 0 saturated heterocycles. The van der Waals surface area contributed by atoms with Crippen LogP contribution in [0.2, 0.25) is 0 Å². The number of hydrogen-bond acceptors (Lipinski definition) is 4. The lowest BCUT2D eigenvalue weighted by Crippen LogP contribution is -2.24. The molecule has 5 nitrogen and oxygen atoms in total. The van der Waals surface area contributed by atoms with Crippen LogP contribution in [-0.4, -0.2) is 25.8 Å². The normalized spacial score (nSPS) is 10.5. The first-order valence-electron chi connectivity index (χ1n) is 6.56. The van der Waals surface area contributed by atoms with Gasteiger partial charge in [0.1, 0.15) is 13.7 Å². The van der Waals surface area contributed by atoms with Crippen molar-refractivity contribution in [2.24, 2.45) is 0 Å². The molecule has 0 bridgehead atoms. The average molecular weight is 323 g/mol. The quantitative estimate of drug-likeness (QED) is 0.502. The number of carbonyl (C=O) groups is 1. The number of anilines is 2. The summed E-state index contributed by atoms with van der Waals surface area (Å²) in [5, 5.41) is 2.53. The highest BCUT2D eigenvalue weighted by molar-refractivity contribution is 6.32. The van der Waals surface area contributed by atoms with Gasteiger partial charge in [-0.3, -0.25) is 9.63 Å². The number of rotatable bonds is 4. The molecule has 2 aromatic rings. The third-order valence-corrected chi connectivity index (χ3v) is 3.06. The monoisotopic (exact) mass is 323 g/mol. The van der Waals surface area contributed by atoms with E-state index in [1.54, 1.807) is 13.0 Å². The molecular weight excluding hydrogens is 310 g/mol. The zero-order chi connectivity index (χ0) is 17.1. The van der Waals surface area contributed by atoms with Crippen LogP contribution in [0.4, 0.5) is 24.7 Å². The second kappa shape index (κ2) is 6.70. The van der Waals surface area contributed by atoms with Crippen molar-refractivity contribution in [3.63, 3.8) is 0 Å². The zero-order valence-electron chi connectivity index (χ0n) is 12.6. The first-order chi connectivity index (χ1) is 10.8. The molecule has 120 valence electrons. The number of hydrogen-bond donors (Lipinski definition) is 2. The number of carbonyl (C=O) groups excluding carboxylic acids is 1. The van der Waals surface area contributed by atoms with Gasteiger partial charge in [0.25, 0.3) is 5.91 Å². The highest BCUT2D eigenvalue weighted by atomic mass is 19.2. The van der Waals surface area contributed by atoms with Gasteiger partial charge >= 0.3 is 0 Å². The predicted molar refractivity (Wildman–Crippen MR) is 81.2 cm³/mol. The summed E-state index contributed by atoms with van der Waals surface area (Å²) in [4.78, 5) is 20.3. The molecule has 0 unspecified atom stereocenters. The van der Waals surface area contributed by atoms with Crippen LogP contribution in [0.15, 0.2) is 18.3 Å². The van der Waals surface area contributed by atoms with E-state index in [-0.39, 0.29) is 5.82 Å². The Kier molecular flexibility index (Phi) is 4.90. The Balaban J connectivity index is 2.55. The van der Waals surface area contributed by atoms with Gasteiger partial charge in [0.05, 0.1) is 18.4 Å². The maximum absolute atomic E-state index is 14.1. The van der Waals surface area contributed by atoms with Crippen LogP contribution in [0, 0.1) is 24.4 Å². The summed E-state index contributed by atoms with van der Waals surface area (Å²) in [6.07, 6.45) is 1.52. The van der Waals surface area contributed by atoms with Crippen molar-refractivity contribution < 1.29 is 22.8 Å². The zero-order valence-corrected chi connectivity index (χ0v) is 12.6. The van der Waals surface area contributed by atoms with Crippen LogP contribution < -0.4 is 16.3 Å². The molecule has 0 saturated carbocycles. The fraction of sp³-hybridized carbons (Fsp3) is 0.143. The summed E-state index contributed by atoms with van der Waals surface area (Å²) in [5.74, 6) is -5.41. The molecule has 1 amide bonds.